The van der Waals surface area contributed by atoms with Crippen molar-refractivity contribution in [2.75, 3.05) is 0 Å². The van der Waals surface area contributed by atoms with Gasteiger partial charge in [-0.2, -0.15) is 4.68 Å². The number of hydrogen-bond donors (Lipinski definition) is 1. The third-order valence-corrected chi connectivity index (χ3v) is 3.29. The minimum absolute atomic E-state index is 0.114. The summed E-state index contributed by atoms with van der Waals surface area (Å²) in [5.41, 5.74) is 2.52. The van der Waals surface area contributed by atoms with Gasteiger partial charge in [-0.15, -0.1) is 16.4 Å². The molecule has 0 fully saturated rings. The topological polar surface area (TPSA) is 63.8 Å². The molecule has 2 heterocycles. The maximum atomic E-state index is 8.95. The lowest BCUT2D eigenvalue weighted by Gasteiger charge is -1.94. The van der Waals surface area contributed by atoms with Gasteiger partial charge in [-0.25, -0.2) is 4.98 Å². The molecule has 0 aliphatic heterocycles. The first kappa shape index (κ1) is 11.1. The Hall–Kier alpha value is -2.05. The molecular formula is C12H10N4OS. The molecule has 0 saturated heterocycles. The zero-order chi connectivity index (χ0) is 12.4. The lowest BCUT2D eigenvalue weighted by Crippen LogP contribution is -1.93. The Morgan fingerprint density at radius 3 is 2.78 bits per heavy atom. The van der Waals surface area contributed by atoms with Gasteiger partial charge < -0.3 is 5.11 Å². The quantitative estimate of drug-likeness (QED) is 0.779. The Labute approximate surface area is 107 Å². The van der Waals surface area contributed by atoms with Gasteiger partial charge in [-0.3, -0.25) is 0 Å². The first-order chi connectivity index (χ1) is 8.86. The van der Waals surface area contributed by atoms with E-state index in [-0.39, 0.29) is 6.61 Å². The Morgan fingerprint density at radius 2 is 2.06 bits per heavy atom. The van der Waals surface area contributed by atoms with Crippen molar-refractivity contribution >= 4 is 11.3 Å². The molecule has 90 valence electrons. The van der Waals surface area contributed by atoms with Gasteiger partial charge in [0, 0.05) is 10.9 Å². The number of benzene rings is 1. The molecule has 1 aromatic carbocycles. The predicted octanol–water partition coefficient (Wildman–Crippen LogP) is 1.88. The monoisotopic (exact) mass is 258 g/mol. The van der Waals surface area contributed by atoms with Crippen LogP contribution in [0.15, 0.2) is 41.9 Å². The van der Waals surface area contributed by atoms with Crippen molar-refractivity contribution in [3.8, 4) is 16.4 Å². The lowest BCUT2D eigenvalue weighted by molar-refractivity contribution is 0.276. The molecule has 0 spiro atoms. The van der Waals surface area contributed by atoms with E-state index in [9.17, 15) is 0 Å². The highest BCUT2D eigenvalue weighted by atomic mass is 32.1. The fourth-order valence-electron chi connectivity index (χ4n) is 1.58. The molecule has 1 N–H and O–H groups in total. The zero-order valence-corrected chi connectivity index (χ0v) is 10.2. The molecule has 0 atom stereocenters. The molecule has 0 amide bonds. The van der Waals surface area contributed by atoms with Crippen molar-refractivity contribution in [3.63, 3.8) is 0 Å². The van der Waals surface area contributed by atoms with Crippen LogP contribution in [-0.2, 0) is 6.61 Å². The van der Waals surface area contributed by atoms with E-state index in [1.807, 2.05) is 35.7 Å². The average Bonchev–Trinajstić information content (AvgIpc) is 3.08. The van der Waals surface area contributed by atoms with Crippen LogP contribution in [0.25, 0.3) is 16.4 Å². The summed E-state index contributed by atoms with van der Waals surface area (Å²) >= 11 is 1.49. The van der Waals surface area contributed by atoms with E-state index in [1.54, 1.807) is 10.9 Å². The molecule has 2 aromatic heterocycles. The number of aliphatic hydroxyl groups excluding tert-OH is 1. The summed E-state index contributed by atoms with van der Waals surface area (Å²) < 4.78 is 1.57. The maximum absolute atomic E-state index is 8.95. The summed E-state index contributed by atoms with van der Waals surface area (Å²) in [5.74, 6) is 0. The number of hydrogen-bond acceptors (Lipinski definition) is 5. The van der Waals surface area contributed by atoms with E-state index >= 15 is 0 Å². The van der Waals surface area contributed by atoms with Gasteiger partial charge in [0.1, 0.15) is 5.69 Å². The molecule has 0 saturated carbocycles. The standard InChI is InChI=1S/C12H10N4OS/c17-7-10-6-16(15-14-10)12-13-11(8-18-12)9-4-2-1-3-5-9/h1-6,8,17H,7H2. The Bertz CT molecular complexity index is 647. The van der Waals surface area contributed by atoms with Gasteiger partial charge in [0.2, 0.25) is 5.13 Å². The van der Waals surface area contributed by atoms with Crippen LogP contribution in [-0.4, -0.2) is 25.1 Å². The van der Waals surface area contributed by atoms with Crippen molar-refractivity contribution in [3.05, 3.63) is 47.6 Å². The molecule has 6 heteroatoms. The number of rotatable bonds is 3. The first-order valence-corrected chi connectivity index (χ1v) is 6.28. The molecule has 3 aromatic rings. The lowest BCUT2D eigenvalue weighted by atomic mass is 10.2. The average molecular weight is 258 g/mol. The van der Waals surface area contributed by atoms with E-state index < -0.39 is 0 Å². The molecular weight excluding hydrogens is 248 g/mol. The van der Waals surface area contributed by atoms with Gasteiger partial charge in [0.05, 0.1) is 18.5 Å². The SMILES string of the molecule is OCc1cn(-c2nc(-c3ccccc3)cs2)nn1. The minimum Gasteiger partial charge on any atom is -0.390 e. The van der Waals surface area contributed by atoms with E-state index in [1.165, 1.54) is 11.3 Å². The van der Waals surface area contributed by atoms with Gasteiger partial charge in [0.15, 0.2) is 0 Å². The molecule has 0 radical (unpaired) electrons. The molecule has 18 heavy (non-hydrogen) atoms. The highest BCUT2D eigenvalue weighted by Gasteiger charge is 2.08. The number of aliphatic hydroxyl groups is 1. The van der Waals surface area contributed by atoms with Crippen molar-refractivity contribution in [2.45, 2.75) is 6.61 Å². The summed E-state index contributed by atoms with van der Waals surface area (Å²) in [7, 11) is 0. The summed E-state index contributed by atoms with van der Waals surface area (Å²) in [6.07, 6.45) is 1.67. The Kier molecular flexibility index (Phi) is 2.87. The molecule has 0 aliphatic rings. The van der Waals surface area contributed by atoms with Crippen LogP contribution in [0, 0.1) is 0 Å². The van der Waals surface area contributed by atoms with Crippen LogP contribution in [0.3, 0.4) is 0 Å². The third-order valence-electron chi connectivity index (χ3n) is 2.46. The normalized spacial score (nSPS) is 10.7. The second-order valence-corrected chi connectivity index (χ2v) is 4.53. The fourth-order valence-corrected chi connectivity index (χ4v) is 2.33. The highest BCUT2D eigenvalue weighted by molar-refractivity contribution is 7.12. The van der Waals surface area contributed by atoms with Crippen LogP contribution >= 0.6 is 11.3 Å². The highest BCUT2D eigenvalue weighted by Crippen LogP contribution is 2.23. The van der Waals surface area contributed by atoms with Crippen LogP contribution in [0.5, 0.6) is 0 Å². The van der Waals surface area contributed by atoms with Crippen LogP contribution in [0.2, 0.25) is 0 Å². The Balaban J connectivity index is 1.94. The van der Waals surface area contributed by atoms with Crippen LogP contribution in [0.4, 0.5) is 0 Å². The summed E-state index contributed by atoms with van der Waals surface area (Å²) in [6.45, 7) is -0.114. The zero-order valence-electron chi connectivity index (χ0n) is 9.39. The minimum atomic E-state index is -0.114. The van der Waals surface area contributed by atoms with Crippen molar-refractivity contribution < 1.29 is 5.11 Å². The second kappa shape index (κ2) is 4.67. The van der Waals surface area contributed by atoms with Gasteiger partial charge >= 0.3 is 0 Å². The molecule has 5 nitrogen and oxygen atoms in total. The summed E-state index contributed by atoms with van der Waals surface area (Å²) in [5, 5.41) is 19.4. The Morgan fingerprint density at radius 1 is 1.22 bits per heavy atom. The predicted molar refractivity (Wildman–Crippen MR) is 68.4 cm³/mol. The van der Waals surface area contributed by atoms with Gasteiger partial charge in [0.25, 0.3) is 0 Å². The van der Waals surface area contributed by atoms with Crippen LogP contribution in [0.1, 0.15) is 5.69 Å². The molecule has 3 rings (SSSR count). The van der Waals surface area contributed by atoms with Gasteiger partial charge in [-0.05, 0) is 0 Å². The largest absolute Gasteiger partial charge is 0.390 e. The van der Waals surface area contributed by atoms with Crippen molar-refractivity contribution in [1.82, 2.24) is 20.0 Å². The number of thiazole rings is 1. The number of aromatic nitrogens is 4. The maximum Gasteiger partial charge on any atom is 0.212 e. The molecule has 0 unspecified atom stereocenters. The van der Waals surface area contributed by atoms with E-state index in [4.69, 9.17) is 5.11 Å². The third kappa shape index (κ3) is 2.03. The molecule has 0 aliphatic carbocycles. The molecule has 0 bridgehead atoms. The van der Waals surface area contributed by atoms with Crippen LogP contribution < -0.4 is 0 Å². The van der Waals surface area contributed by atoms with Crippen molar-refractivity contribution in [2.24, 2.45) is 0 Å². The second-order valence-electron chi connectivity index (χ2n) is 3.69. The smallest absolute Gasteiger partial charge is 0.212 e. The fraction of sp³-hybridized carbons (Fsp3) is 0.0833. The number of nitrogens with zero attached hydrogens (tertiary/aromatic N) is 4. The first-order valence-electron chi connectivity index (χ1n) is 5.40. The van der Waals surface area contributed by atoms with E-state index in [0.29, 0.717) is 5.69 Å². The van der Waals surface area contributed by atoms with Gasteiger partial charge in [-0.1, -0.05) is 35.5 Å². The van der Waals surface area contributed by atoms with E-state index in [2.05, 4.69) is 15.3 Å². The van der Waals surface area contributed by atoms with Crippen molar-refractivity contribution in [1.29, 1.82) is 0 Å². The van der Waals surface area contributed by atoms with E-state index in [0.717, 1.165) is 16.4 Å². The summed E-state index contributed by atoms with van der Waals surface area (Å²) in [6, 6.07) is 9.96. The summed E-state index contributed by atoms with van der Waals surface area (Å²) in [4.78, 5) is 4.50.